The van der Waals surface area contributed by atoms with E-state index in [9.17, 15) is 32.3 Å². The fourth-order valence-corrected chi connectivity index (χ4v) is 7.19. The molecule has 1 saturated heterocycles. The van der Waals surface area contributed by atoms with Crippen molar-refractivity contribution in [2.24, 2.45) is 0 Å². The Bertz CT molecular complexity index is 2350. The number of carbonyl (C=O) groups is 4. The van der Waals surface area contributed by atoms with Gasteiger partial charge in [-0.2, -0.15) is 13.2 Å². The highest BCUT2D eigenvalue weighted by Crippen LogP contribution is 2.36. The van der Waals surface area contributed by atoms with Crippen LogP contribution in [0, 0.1) is 0 Å². The monoisotopic (exact) mass is 924 g/mol. The highest BCUT2D eigenvalue weighted by atomic mass is 19.4. The van der Waals surface area contributed by atoms with Crippen LogP contribution in [-0.2, 0) is 20.4 Å². The molecule has 5 aromatic carbocycles. The molecule has 14 heteroatoms. The molecule has 6 rings (SSSR count). The van der Waals surface area contributed by atoms with E-state index in [1.807, 2.05) is 0 Å². The van der Waals surface area contributed by atoms with E-state index in [1.54, 1.807) is 48.5 Å². The van der Waals surface area contributed by atoms with Gasteiger partial charge in [-0.15, -0.1) is 0 Å². The lowest BCUT2D eigenvalue weighted by molar-refractivity contribution is -0.140. The van der Waals surface area contributed by atoms with Gasteiger partial charge >= 0.3 is 30.1 Å². The second kappa shape index (κ2) is 24.7. The summed E-state index contributed by atoms with van der Waals surface area (Å²) in [5.41, 5.74) is 0.549. The van der Waals surface area contributed by atoms with Crippen molar-refractivity contribution >= 4 is 23.9 Å². The molecule has 11 nitrogen and oxygen atoms in total. The number of alkyl halides is 3. The minimum atomic E-state index is -4.52. The van der Waals surface area contributed by atoms with Crippen LogP contribution >= 0.6 is 0 Å². The Hall–Kier alpha value is -6.67. The highest BCUT2D eigenvalue weighted by Gasteiger charge is 2.37. The Balaban J connectivity index is 1.04. The summed E-state index contributed by atoms with van der Waals surface area (Å²) < 4.78 is 80.2. The van der Waals surface area contributed by atoms with Crippen LogP contribution in [0.15, 0.2) is 121 Å². The largest absolute Gasteiger partial charge is 0.494 e. The molecule has 0 aliphatic carbocycles. The summed E-state index contributed by atoms with van der Waals surface area (Å²) >= 11 is 0. The van der Waals surface area contributed by atoms with E-state index < -0.39 is 53.9 Å². The second-order valence-electron chi connectivity index (χ2n) is 16.1. The molecular weight excluding hydrogens is 870 g/mol. The molecule has 0 saturated carbocycles. The van der Waals surface area contributed by atoms with Crippen LogP contribution in [0.2, 0.25) is 0 Å². The van der Waals surface area contributed by atoms with Crippen molar-refractivity contribution in [2.75, 3.05) is 19.8 Å². The molecule has 67 heavy (non-hydrogen) atoms. The maximum atomic E-state index is 13.4. The van der Waals surface area contributed by atoms with Gasteiger partial charge in [0, 0.05) is 0 Å². The van der Waals surface area contributed by atoms with Gasteiger partial charge in [0.25, 0.3) is 0 Å². The number of halogens is 3. The molecular formula is C53H55F3O11. The standard InChI is InChI=1S/C53H55F3O11/c1-3-5-7-9-33-61-42-23-13-38(14-24-42)50(58)64-44-27-17-37(18-28-44)49(57)63-35-48-47(32-31-46(66-48)36-11-21-41(22-12-36)53(54,55)56)67-52(60)40-19-29-45(30-20-40)65-51(59)39-15-25-43(26-16-39)62-34-10-8-6-4-2/h11-30,46-48H,3-10,31-35H2,1-2H3/t46-,47+,48-/m1/s1. The summed E-state index contributed by atoms with van der Waals surface area (Å²) in [5.74, 6) is -0.990. The molecule has 0 N–H and O–H groups in total. The third-order valence-electron chi connectivity index (χ3n) is 11.0. The Morgan fingerprint density at radius 1 is 0.522 bits per heavy atom. The average molecular weight is 925 g/mol. The molecule has 1 aliphatic rings. The third kappa shape index (κ3) is 15.2. The van der Waals surface area contributed by atoms with E-state index in [1.165, 1.54) is 60.7 Å². The molecule has 5 aromatic rings. The van der Waals surface area contributed by atoms with Crippen molar-refractivity contribution < 1.29 is 65.5 Å². The molecule has 1 aliphatic heterocycles. The Kier molecular flexibility index (Phi) is 18.4. The molecule has 0 bridgehead atoms. The van der Waals surface area contributed by atoms with Gasteiger partial charge in [-0.25, -0.2) is 19.2 Å². The number of hydrogen-bond acceptors (Lipinski definition) is 11. The number of benzene rings is 5. The van der Waals surface area contributed by atoms with Gasteiger partial charge in [0.15, 0.2) is 0 Å². The average Bonchev–Trinajstić information content (AvgIpc) is 3.34. The Labute approximate surface area is 388 Å². The summed E-state index contributed by atoms with van der Waals surface area (Å²) in [5, 5.41) is 0. The van der Waals surface area contributed by atoms with E-state index in [4.69, 9.17) is 33.2 Å². The smallest absolute Gasteiger partial charge is 0.416 e. The van der Waals surface area contributed by atoms with E-state index in [0.29, 0.717) is 41.4 Å². The summed E-state index contributed by atoms with van der Waals surface area (Å²) in [6.07, 6.45) is 2.03. The van der Waals surface area contributed by atoms with Crippen LogP contribution in [0.25, 0.3) is 0 Å². The van der Waals surface area contributed by atoms with E-state index in [2.05, 4.69) is 13.8 Å². The maximum absolute atomic E-state index is 13.4. The zero-order chi connectivity index (χ0) is 47.6. The van der Waals surface area contributed by atoms with Crippen LogP contribution in [0.5, 0.6) is 23.0 Å². The van der Waals surface area contributed by atoms with Crippen molar-refractivity contribution in [1.82, 2.24) is 0 Å². The second-order valence-corrected chi connectivity index (χ2v) is 16.1. The molecule has 354 valence electrons. The number of unbranched alkanes of at least 4 members (excludes halogenated alkanes) is 6. The first-order chi connectivity index (χ1) is 32.4. The molecule has 0 radical (unpaired) electrons. The first kappa shape index (κ1) is 49.8. The molecule has 1 heterocycles. The van der Waals surface area contributed by atoms with Gasteiger partial charge in [0.05, 0.1) is 47.1 Å². The first-order valence-electron chi connectivity index (χ1n) is 22.7. The summed E-state index contributed by atoms with van der Waals surface area (Å²) in [6, 6.07) is 29.4. The minimum Gasteiger partial charge on any atom is -0.494 e. The molecule has 1 fully saturated rings. The van der Waals surface area contributed by atoms with E-state index in [-0.39, 0.29) is 42.1 Å². The lowest BCUT2D eigenvalue weighted by Crippen LogP contribution is -2.42. The van der Waals surface area contributed by atoms with Gasteiger partial charge in [0.1, 0.15) is 41.8 Å². The minimum absolute atomic E-state index is 0.129. The van der Waals surface area contributed by atoms with Crippen molar-refractivity contribution in [3.63, 3.8) is 0 Å². The summed E-state index contributed by atoms with van der Waals surface area (Å²) in [4.78, 5) is 52.4. The van der Waals surface area contributed by atoms with Gasteiger partial charge in [0.2, 0.25) is 0 Å². The fraction of sp³-hybridized carbons (Fsp3) is 0.358. The van der Waals surface area contributed by atoms with Crippen molar-refractivity contribution in [3.8, 4) is 23.0 Å². The fourth-order valence-electron chi connectivity index (χ4n) is 7.19. The predicted octanol–water partition coefficient (Wildman–Crippen LogP) is 12.4. The molecule has 3 atom stereocenters. The number of ether oxygens (including phenoxy) is 7. The normalized spacial score (nSPS) is 15.8. The van der Waals surface area contributed by atoms with Gasteiger partial charge in [-0.05, 0) is 140 Å². The molecule has 0 spiro atoms. The lowest BCUT2D eigenvalue weighted by atomic mass is 9.95. The number of hydrogen-bond donors (Lipinski definition) is 0. The van der Waals surface area contributed by atoms with E-state index in [0.717, 1.165) is 63.5 Å². The highest BCUT2D eigenvalue weighted by molar-refractivity contribution is 5.93. The van der Waals surface area contributed by atoms with E-state index >= 15 is 0 Å². The molecule has 0 aromatic heterocycles. The van der Waals surface area contributed by atoms with Crippen molar-refractivity contribution in [2.45, 2.75) is 103 Å². The van der Waals surface area contributed by atoms with Crippen LogP contribution < -0.4 is 18.9 Å². The van der Waals surface area contributed by atoms with Crippen molar-refractivity contribution in [1.29, 1.82) is 0 Å². The zero-order valence-corrected chi connectivity index (χ0v) is 37.6. The van der Waals surface area contributed by atoms with Crippen LogP contribution in [0.4, 0.5) is 13.2 Å². The van der Waals surface area contributed by atoms with Crippen LogP contribution in [0.1, 0.15) is 137 Å². The topological polar surface area (TPSA) is 133 Å². The number of rotatable bonds is 22. The number of esters is 4. The van der Waals surface area contributed by atoms with Crippen LogP contribution in [-0.4, -0.2) is 55.9 Å². The molecule has 0 unspecified atom stereocenters. The first-order valence-corrected chi connectivity index (χ1v) is 22.7. The predicted molar refractivity (Wildman–Crippen MR) is 243 cm³/mol. The van der Waals surface area contributed by atoms with Gasteiger partial charge in [-0.1, -0.05) is 64.5 Å². The summed E-state index contributed by atoms with van der Waals surface area (Å²) in [7, 11) is 0. The quantitative estimate of drug-likeness (QED) is 0.0373. The lowest BCUT2D eigenvalue weighted by Gasteiger charge is -2.36. The SMILES string of the molecule is CCCCCCOc1ccc(C(=O)Oc2ccc(C(=O)OC[C@H]3O[C@@H](c4ccc(C(F)(F)F)cc4)CC[C@@H]3OC(=O)c3ccc(OC(=O)c4ccc(OCCCCCC)cc4)cc3)cc2)cc1. The maximum Gasteiger partial charge on any atom is 0.416 e. The summed E-state index contributed by atoms with van der Waals surface area (Å²) in [6.45, 7) is 5.10. The Morgan fingerprint density at radius 2 is 0.955 bits per heavy atom. The van der Waals surface area contributed by atoms with Gasteiger partial charge in [-0.3, -0.25) is 0 Å². The van der Waals surface area contributed by atoms with Crippen molar-refractivity contribution in [3.05, 3.63) is 155 Å². The van der Waals surface area contributed by atoms with Gasteiger partial charge < -0.3 is 33.2 Å². The molecule has 0 amide bonds. The zero-order valence-electron chi connectivity index (χ0n) is 37.6. The number of carbonyl (C=O) groups excluding carboxylic acids is 4. The van der Waals surface area contributed by atoms with Crippen LogP contribution in [0.3, 0.4) is 0 Å². The Morgan fingerprint density at radius 3 is 1.40 bits per heavy atom. The third-order valence-corrected chi connectivity index (χ3v) is 11.0.